The smallest absolute Gasteiger partial charge is 0.108 e. The maximum absolute atomic E-state index is 10.0. The van der Waals surface area contributed by atoms with E-state index in [9.17, 15) is 10.2 Å². The largest absolute Gasteiger partial charge is 0.390 e. The second-order valence-electron chi connectivity index (χ2n) is 5.17. The molecule has 1 fully saturated rings. The highest BCUT2D eigenvalue weighted by Crippen LogP contribution is 2.16. The van der Waals surface area contributed by atoms with Crippen LogP contribution in [0, 0.1) is 5.92 Å². The molecule has 0 aromatic carbocycles. The van der Waals surface area contributed by atoms with E-state index in [4.69, 9.17) is 5.73 Å². The Bertz CT molecular complexity index is 211. The molecule has 3 unspecified atom stereocenters. The Kier molecular flexibility index (Phi) is 6.80. The molecule has 102 valence electrons. The molecule has 0 amide bonds. The summed E-state index contributed by atoms with van der Waals surface area (Å²) in [5.41, 5.74) is 6.01. The number of nitrogens with two attached hydrogens (primary N) is 1. The predicted octanol–water partition coefficient (Wildman–Crippen LogP) is 0.478. The minimum atomic E-state index is -0.836. The van der Waals surface area contributed by atoms with Gasteiger partial charge in [-0.1, -0.05) is 13.8 Å². The maximum atomic E-state index is 10.0. The van der Waals surface area contributed by atoms with Gasteiger partial charge in [-0.3, -0.25) is 4.90 Å². The molecule has 1 aliphatic rings. The number of thioether (sulfide) groups is 1. The second-order valence-corrected chi connectivity index (χ2v) is 6.39. The van der Waals surface area contributed by atoms with Gasteiger partial charge in [0.1, 0.15) is 6.10 Å². The van der Waals surface area contributed by atoms with E-state index < -0.39 is 18.4 Å². The third-order valence-corrected chi connectivity index (χ3v) is 4.19. The summed E-state index contributed by atoms with van der Waals surface area (Å²) in [6.07, 6.45) is -0.437. The van der Waals surface area contributed by atoms with Gasteiger partial charge in [-0.25, -0.2) is 0 Å². The van der Waals surface area contributed by atoms with Crippen molar-refractivity contribution >= 4 is 11.8 Å². The van der Waals surface area contributed by atoms with Crippen molar-refractivity contribution in [1.29, 1.82) is 0 Å². The quantitative estimate of drug-likeness (QED) is 0.649. The van der Waals surface area contributed by atoms with Crippen molar-refractivity contribution in [1.82, 2.24) is 4.90 Å². The first-order valence-corrected chi connectivity index (χ1v) is 7.61. The summed E-state index contributed by atoms with van der Waals surface area (Å²) < 4.78 is 0. The van der Waals surface area contributed by atoms with Crippen LogP contribution in [0.4, 0.5) is 0 Å². The van der Waals surface area contributed by atoms with Gasteiger partial charge in [-0.05, 0) is 18.8 Å². The van der Waals surface area contributed by atoms with Gasteiger partial charge in [0.2, 0.25) is 0 Å². The molecule has 1 heterocycles. The van der Waals surface area contributed by atoms with Crippen LogP contribution in [0.15, 0.2) is 0 Å². The van der Waals surface area contributed by atoms with Crippen LogP contribution in [0.5, 0.6) is 0 Å². The normalized spacial score (nSPS) is 23.6. The summed E-state index contributed by atoms with van der Waals surface area (Å²) >= 11 is 1.91. The fourth-order valence-corrected chi connectivity index (χ4v) is 2.93. The number of aliphatic hydroxyl groups is 2. The molecular formula is C12H26N2O2S. The van der Waals surface area contributed by atoms with Gasteiger partial charge in [-0.2, -0.15) is 11.8 Å². The zero-order chi connectivity index (χ0) is 12.8. The molecule has 0 bridgehead atoms. The van der Waals surface area contributed by atoms with Crippen LogP contribution in [0.2, 0.25) is 0 Å². The van der Waals surface area contributed by atoms with Gasteiger partial charge in [0.15, 0.2) is 0 Å². The van der Waals surface area contributed by atoms with Crippen LogP contribution < -0.4 is 5.73 Å². The van der Waals surface area contributed by atoms with E-state index in [0.717, 1.165) is 31.0 Å². The molecule has 0 spiro atoms. The lowest BCUT2D eigenvalue weighted by atomic mass is 10.00. The number of hydrogen-bond acceptors (Lipinski definition) is 5. The van der Waals surface area contributed by atoms with Crippen LogP contribution in [0.3, 0.4) is 0 Å². The third kappa shape index (κ3) is 5.14. The zero-order valence-electron chi connectivity index (χ0n) is 10.9. The number of rotatable bonds is 6. The topological polar surface area (TPSA) is 69.7 Å². The van der Waals surface area contributed by atoms with Crippen LogP contribution in [0.1, 0.15) is 26.7 Å². The summed E-state index contributed by atoms with van der Waals surface area (Å²) in [7, 11) is 0. The first-order valence-electron chi connectivity index (χ1n) is 6.46. The van der Waals surface area contributed by atoms with Gasteiger partial charge in [-0.15, -0.1) is 0 Å². The Hall–Kier alpha value is 0.190. The van der Waals surface area contributed by atoms with Crippen molar-refractivity contribution in [2.75, 3.05) is 24.6 Å². The van der Waals surface area contributed by atoms with Crippen molar-refractivity contribution in [3.63, 3.8) is 0 Å². The third-order valence-electron chi connectivity index (χ3n) is 3.25. The predicted molar refractivity (Wildman–Crippen MR) is 73.0 cm³/mol. The van der Waals surface area contributed by atoms with E-state index in [0.29, 0.717) is 12.3 Å². The summed E-state index contributed by atoms with van der Waals surface area (Å²) in [5.74, 6) is 2.66. The van der Waals surface area contributed by atoms with E-state index in [-0.39, 0.29) is 0 Å². The van der Waals surface area contributed by atoms with Crippen molar-refractivity contribution < 1.29 is 10.2 Å². The first kappa shape index (κ1) is 15.2. The molecule has 1 saturated heterocycles. The maximum Gasteiger partial charge on any atom is 0.108 e. The van der Waals surface area contributed by atoms with Crippen molar-refractivity contribution in [3.05, 3.63) is 0 Å². The highest BCUT2D eigenvalue weighted by Gasteiger charge is 2.28. The van der Waals surface area contributed by atoms with Gasteiger partial charge in [0, 0.05) is 24.6 Å². The van der Waals surface area contributed by atoms with Crippen LogP contribution in [-0.4, -0.2) is 58.1 Å². The number of hydrogen-bond donors (Lipinski definition) is 3. The van der Waals surface area contributed by atoms with Crippen molar-refractivity contribution in [2.24, 2.45) is 11.7 Å². The Morgan fingerprint density at radius 2 is 1.76 bits per heavy atom. The van der Waals surface area contributed by atoms with Crippen LogP contribution in [0.25, 0.3) is 0 Å². The van der Waals surface area contributed by atoms with Gasteiger partial charge >= 0.3 is 0 Å². The average molecular weight is 262 g/mol. The van der Waals surface area contributed by atoms with Gasteiger partial charge < -0.3 is 15.9 Å². The average Bonchev–Trinajstić information content (AvgIpc) is 2.35. The van der Waals surface area contributed by atoms with Gasteiger partial charge in [0.25, 0.3) is 0 Å². The van der Waals surface area contributed by atoms with E-state index >= 15 is 0 Å². The SMILES string of the molecule is CC(C)CCC(O)C(O)C(N)N1CCSCC1. The van der Waals surface area contributed by atoms with Gasteiger partial charge in [0.05, 0.1) is 12.3 Å². The molecule has 0 aromatic heterocycles. The molecule has 5 heteroatoms. The summed E-state index contributed by atoms with van der Waals surface area (Å²) in [5, 5.41) is 19.9. The molecule has 0 saturated carbocycles. The zero-order valence-corrected chi connectivity index (χ0v) is 11.7. The molecule has 1 rings (SSSR count). The van der Waals surface area contributed by atoms with E-state index in [1.807, 2.05) is 11.8 Å². The molecule has 4 nitrogen and oxygen atoms in total. The Balaban J connectivity index is 2.35. The molecule has 4 N–H and O–H groups in total. The van der Waals surface area contributed by atoms with E-state index in [1.165, 1.54) is 0 Å². The minimum Gasteiger partial charge on any atom is -0.390 e. The first-order chi connectivity index (χ1) is 8.02. The standard InChI is InChI=1S/C12H26N2O2S/c1-9(2)3-4-10(15)11(16)12(13)14-5-7-17-8-6-14/h9-12,15-16H,3-8,13H2,1-2H3. The van der Waals surface area contributed by atoms with E-state index in [1.54, 1.807) is 0 Å². The summed E-state index contributed by atoms with van der Waals surface area (Å²) in [6, 6.07) is 0. The molecular weight excluding hydrogens is 236 g/mol. The highest BCUT2D eigenvalue weighted by atomic mass is 32.2. The molecule has 17 heavy (non-hydrogen) atoms. The minimum absolute atomic E-state index is 0.432. The van der Waals surface area contributed by atoms with Crippen molar-refractivity contribution in [2.45, 2.75) is 45.1 Å². The lowest BCUT2D eigenvalue weighted by Crippen LogP contribution is -2.56. The fraction of sp³-hybridized carbons (Fsp3) is 1.00. The van der Waals surface area contributed by atoms with Crippen LogP contribution in [-0.2, 0) is 0 Å². The lowest BCUT2D eigenvalue weighted by Gasteiger charge is -2.36. The number of aliphatic hydroxyl groups excluding tert-OH is 2. The Morgan fingerprint density at radius 3 is 2.29 bits per heavy atom. The molecule has 0 aliphatic carbocycles. The fourth-order valence-electron chi connectivity index (χ4n) is 1.99. The second kappa shape index (κ2) is 7.59. The molecule has 1 aliphatic heterocycles. The van der Waals surface area contributed by atoms with Crippen molar-refractivity contribution in [3.8, 4) is 0 Å². The molecule has 0 radical (unpaired) electrons. The monoisotopic (exact) mass is 262 g/mol. The highest BCUT2D eigenvalue weighted by molar-refractivity contribution is 7.99. The summed E-state index contributed by atoms with van der Waals surface area (Å²) in [6.45, 7) is 6.03. The lowest BCUT2D eigenvalue weighted by molar-refractivity contribution is -0.0398. The Labute approximate surface area is 109 Å². The molecule has 0 aromatic rings. The summed E-state index contributed by atoms with van der Waals surface area (Å²) in [4.78, 5) is 2.07. The van der Waals surface area contributed by atoms with Crippen LogP contribution >= 0.6 is 11.8 Å². The number of nitrogens with zero attached hydrogens (tertiary/aromatic N) is 1. The van der Waals surface area contributed by atoms with E-state index in [2.05, 4.69) is 18.7 Å². The molecule has 3 atom stereocenters. The Morgan fingerprint density at radius 1 is 1.18 bits per heavy atom.